The van der Waals surface area contributed by atoms with Gasteiger partial charge in [-0.25, -0.2) is 4.98 Å². The van der Waals surface area contributed by atoms with Gasteiger partial charge in [0.05, 0.1) is 10.2 Å². The molecule has 0 radical (unpaired) electrons. The number of carbonyl (C=O) groups excluding carboxylic acids is 1. The molecule has 0 unspecified atom stereocenters. The number of halogens is 1. The van der Waals surface area contributed by atoms with Gasteiger partial charge >= 0.3 is 0 Å². The first-order valence-electron chi connectivity index (χ1n) is 10.4. The molecule has 6 nitrogen and oxygen atoms in total. The standard InChI is InChI=1S/C23H27N3O3S.ClH/c1-4-25(5-2)10-11-26(22(27)17-9-7-6-8-16(17)3)23-24-18-14-19-20(15-21(18)30-23)29-13-12-28-19;/h6-9,14-15H,4-5,10-13H2,1-3H3;1H. The predicted octanol–water partition coefficient (Wildman–Crippen LogP) is 4.79. The zero-order valence-corrected chi connectivity index (χ0v) is 19.7. The molecule has 1 aromatic heterocycles. The van der Waals surface area contributed by atoms with Crippen LogP contribution in [-0.2, 0) is 0 Å². The minimum Gasteiger partial charge on any atom is -0.486 e. The maximum atomic E-state index is 13.5. The number of rotatable bonds is 7. The molecule has 1 aliphatic heterocycles. The van der Waals surface area contributed by atoms with E-state index in [4.69, 9.17) is 14.5 Å². The van der Waals surface area contributed by atoms with Crippen molar-refractivity contribution in [1.82, 2.24) is 9.88 Å². The molecule has 1 amide bonds. The fraction of sp³-hybridized carbons (Fsp3) is 0.391. The Labute approximate surface area is 193 Å². The average molecular weight is 462 g/mol. The first-order chi connectivity index (χ1) is 14.6. The summed E-state index contributed by atoms with van der Waals surface area (Å²) >= 11 is 1.51. The molecule has 8 heteroatoms. The number of aryl methyl sites for hydroxylation is 1. The molecule has 0 saturated carbocycles. The molecule has 0 spiro atoms. The van der Waals surface area contributed by atoms with Crippen LogP contribution in [0.15, 0.2) is 36.4 Å². The molecule has 0 fully saturated rings. The Balaban J connectivity index is 0.00000272. The number of anilines is 1. The number of nitrogens with zero attached hydrogens (tertiary/aromatic N) is 3. The molecule has 0 bridgehead atoms. The van der Waals surface area contributed by atoms with Crippen molar-refractivity contribution in [1.29, 1.82) is 0 Å². The van der Waals surface area contributed by atoms with Gasteiger partial charge in [-0.05, 0) is 31.6 Å². The summed E-state index contributed by atoms with van der Waals surface area (Å²) in [5, 5.41) is 0.702. The molecule has 0 saturated heterocycles. The van der Waals surface area contributed by atoms with E-state index in [1.54, 1.807) is 0 Å². The lowest BCUT2D eigenvalue weighted by molar-refractivity contribution is 0.0983. The van der Waals surface area contributed by atoms with Gasteiger partial charge in [-0.3, -0.25) is 9.69 Å². The number of fused-ring (bicyclic) bond motifs is 2. The van der Waals surface area contributed by atoms with Crippen molar-refractivity contribution in [3.8, 4) is 11.5 Å². The molecule has 31 heavy (non-hydrogen) atoms. The van der Waals surface area contributed by atoms with E-state index < -0.39 is 0 Å². The lowest BCUT2D eigenvalue weighted by atomic mass is 10.1. The number of hydrogen-bond acceptors (Lipinski definition) is 6. The van der Waals surface area contributed by atoms with Crippen LogP contribution in [0.25, 0.3) is 10.2 Å². The fourth-order valence-corrected chi connectivity index (χ4v) is 4.59. The van der Waals surface area contributed by atoms with Crippen molar-refractivity contribution in [2.75, 3.05) is 44.3 Å². The zero-order chi connectivity index (χ0) is 21.1. The Morgan fingerprint density at radius 2 is 1.74 bits per heavy atom. The third kappa shape index (κ3) is 4.95. The predicted molar refractivity (Wildman–Crippen MR) is 129 cm³/mol. The summed E-state index contributed by atoms with van der Waals surface area (Å²) < 4.78 is 12.4. The molecule has 3 aromatic rings. The van der Waals surface area contributed by atoms with Crippen LogP contribution in [0, 0.1) is 6.92 Å². The van der Waals surface area contributed by atoms with E-state index in [0.717, 1.165) is 41.2 Å². The number of carbonyl (C=O) groups is 1. The van der Waals surface area contributed by atoms with Gasteiger partial charge in [-0.1, -0.05) is 43.4 Å². The Bertz CT molecular complexity index is 1010. The SMILES string of the molecule is CCN(CC)CCN(C(=O)c1ccccc1C)c1nc2cc3c(cc2s1)OCCO3.Cl. The molecule has 2 heterocycles. The van der Waals surface area contributed by atoms with E-state index in [1.165, 1.54) is 11.3 Å². The largest absolute Gasteiger partial charge is 0.486 e. The Hall–Kier alpha value is -2.35. The van der Waals surface area contributed by atoms with E-state index >= 15 is 0 Å². The number of benzene rings is 2. The van der Waals surface area contributed by atoms with E-state index in [1.807, 2.05) is 48.2 Å². The molecule has 0 N–H and O–H groups in total. The van der Waals surface area contributed by atoms with E-state index in [-0.39, 0.29) is 18.3 Å². The number of hydrogen-bond donors (Lipinski definition) is 0. The summed E-state index contributed by atoms with van der Waals surface area (Å²) in [6.45, 7) is 10.6. The Morgan fingerprint density at radius 1 is 1.06 bits per heavy atom. The summed E-state index contributed by atoms with van der Waals surface area (Å²) in [6, 6.07) is 11.6. The highest BCUT2D eigenvalue weighted by Crippen LogP contribution is 2.39. The quantitative estimate of drug-likeness (QED) is 0.506. The molecule has 4 rings (SSSR count). The first-order valence-corrected chi connectivity index (χ1v) is 11.2. The van der Waals surface area contributed by atoms with E-state index in [9.17, 15) is 4.79 Å². The molecular formula is C23H28ClN3O3S. The van der Waals surface area contributed by atoms with Crippen molar-refractivity contribution in [3.05, 3.63) is 47.5 Å². The van der Waals surface area contributed by atoms with E-state index in [0.29, 0.717) is 36.2 Å². The highest BCUT2D eigenvalue weighted by Gasteiger charge is 2.24. The van der Waals surface area contributed by atoms with Crippen LogP contribution in [0.3, 0.4) is 0 Å². The molecular weight excluding hydrogens is 434 g/mol. The average Bonchev–Trinajstić information content (AvgIpc) is 3.17. The number of amides is 1. The van der Waals surface area contributed by atoms with Crippen LogP contribution in [-0.4, -0.2) is 55.2 Å². The minimum atomic E-state index is -0.0171. The normalized spacial score (nSPS) is 12.6. The number of thiazole rings is 1. The van der Waals surface area contributed by atoms with Crippen molar-refractivity contribution in [3.63, 3.8) is 0 Å². The van der Waals surface area contributed by atoms with Gasteiger partial charge in [0.1, 0.15) is 13.2 Å². The van der Waals surface area contributed by atoms with Gasteiger partial charge in [-0.15, -0.1) is 12.4 Å². The Morgan fingerprint density at radius 3 is 2.42 bits per heavy atom. The van der Waals surface area contributed by atoms with Crippen LogP contribution in [0.1, 0.15) is 29.8 Å². The lowest BCUT2D eigenvalue weighted by Crippen LogP contribution is -2.39. The van der Waals surface area contributed by atoms with Gasteiger partial charge in [0.15, 0.2) is 16.6 Å². The second kappa shape index (κ2) is 10.3. The second-order valence-electron chi connectivity index (χ2n) is 7.26. The number of likely N-dealkylation sites (N-methyl/N-ethyl adjacent to an activating group) is 1. The lowest BCUT2D eigenvalue weighted by Gasteiger charge is -2.25. The topological polar surface area (TPSA) is 54.9 Å². The summed E-state index contributed by atoms with van der Waals surface area (Å²) in [5.74, 6) is 1.44. The molecule has 166 valence electrons. The molecule has 2 aromatic carbocycles. The monoisotopic (exact) mass is 461 g/mol. The minimum absolute atomic E-state index is 0. The van der Waals surface area contributed by atoms with Crippen molar-refractivity contribution < 1.29 is 14.3 Å². The van der Waals surface area contributed by atoms with Gasteiger partial charge in [-0.2, -0.15) is 0 Å². The first kappa shape index (κ1) is 23.3. The third-order valence-corrected chi connectivity index (χ3v) is 6.47. The van der Waals surface area contributed by atoms with Gasteiger partial charge in [0.25, 0.3) is 5.91 Å². The molecule has 1 aliphatic rings. The number of aromatic nitrogens is 1. The maximum Gasteiger partial charge on any atom is 0.260 e. The number of ether oxygens (including phenoxy) is 2. The van der Waals surface area contributed by atoms with E-state index in [2.05, 4.69) is 18.7 Å². The summed E-state index contributed by atoms with van der Waals surface area (Å²) in [7, 11) is 0. The highest BCUT2D eigenvalue weighted by molar-refractivity contribution is 7.22. The summed E-state index contributed by atoms with van der Waals surface area (Å²) in [4.78, 5) is 22.4. The second-order valence-corrected chi connectivity index (χ2v) is 8.27. The van der Waals surface area contributed by atoms with Crippen LogP contribution >= 0.6 is 23.7 Å². The zero-order valence-electron chi connectivity index (χ0n) is 18.1. The summed E-state index contributed by atoms with van der Waals surface area (Å²) in [6.07, 6.45) is 0. The third-order valence-electron chi connectivity index (χ3n) is 5.43. The fourth-order valence-electron chi connectivity index (χ4n) is 3.59. The van der Waals surface area contributed by atoms with Crippen molar-refractivity contribution >= 4 is 45.0 Å². The Kier molecular flexibility index (Phi) is 7.75. The van der Waals surface area contributed by atoms with Gasteiger partial charge in [0, 0.05) is 30.8 Å². The van der Waals surface area contributed by atoms with Crippen LogP contribution < -0.4 is 14.4 Å². The van der Waals surface area contributed by atoms with Gasteiger partial charge < -0.3 is 14.4 Å². The van der Waals surface area contributed by atoms with Crippen LogP contribution in [0.2, 0.25) is 0 Å². The maximum absolute atomic E-state index is 13.5. The highest BCUT2D eigenvalue weighted by atomic mass is 35.5. The van der Waals surface area contributed by atoms with Crippen LogP contribution in [0.4, 0.5) is 5.13 Å². The van der Waals surface area contributed by atoms with Crippen molar-refractivity contribution in [2.45, 2.75) is 20.8 Å². The summed E-state index contributed by atoms with van der Waals surface area (Å²) in [5.41, 5.74) is 2.50. The molecule has 0 aliphatic carbocycles. The molecule has 0 atom stereocenters. The van der Waals surface area contributed by atoms with Crippen LogP contribution in [0.5, 0.6) is 11.5 Å². The van der Waals surface area contributed by atoms with Gasteiger partial charge in [0.2, 0.25) is 0 Å². The van der Waals surface area contributed by atoms with Crippen molar-refractivity contribution in [2.24, 2.45) is 0 Å². The smallest absolute Gasteiger partial charge is 0.260 e.